The first-order chi connectivity index (χ1) is 13.7. The number of carbonyl (C=O) groups is 1. The summed E-state index contributed by atoms with van der Waals surface area (Å²) in [6.45, 7) is 1.18. The van der Waals surface area contributed by atoms with Crippen molar-refractivity contribution in [2.45, 2.75) is 25.4 Å². The second-order valence-corrected chi connectivity index (χ2v) is 7.23. The van der Waals surface area contributed by atoms with Crippen molar-refractivity contribution in [3.63, 3.8) is 0 Å². The molecule has 1 fully saturated rings. The van der Waals surface area contributed by atoms with E-state index in [1.165, 1.54) is 0 Å². The molecular weight excluding hydrogens is 376 g/mol. The van der Waals surface area contributed by atoms with Crippen molar-refractivity contribution in [3.8, 4) is 5.75 Å². The van der Waals surface area contributed by atoms with E-state index in [0.717, 1.165) is 29.7 Å². The number of hydrogen-bond acceptors (Lipinski definition) is 4. The molecule has 28 heavy (non-hydrogen) atoms. The molecule has 0 bridgehead atoms. The highest BCUT2D eigenvalue weighted by molar-refractivity contribution is 6.31. The third kappa shape index (κ3) is 3.73. The molecule has 0 aliphatic carbocycles. The molecule has 1 atom stereocenters. The highest BCUT2D eigenvalue weighted by atomic mass is 35.5. The molecule has 1 aliphatic rings. The van der Waals surface area contributed by atoms with Crippen LogP contribution in [0, 0.1) is 0 Å². The fourth-order valence-electron chi connectivity index (χ4n) is 3.63. The van der Waals surface area contributed by atoms with Crippen LogP contribution in [0.15, 0.2) is 54.7 Å². The second kappa shape index (κ2) is 8.02. The third-order valence-corrected chi connectivity index (χ3v) is 5.41. The average Bonchev–Trinajstić information content (AvgIpc) is 3.39. The maximum absolute atomic E-state index is 13.1. The Labute approximate surface area is 168 Å². The van der Waals surface area contributed by atoms with Crippen molar-refractivity contribution in [1.82, 2.24) is 19.9 Å². The zero-order valence-electron chi connectivity index (χ0n) is 15.6. The van der Waals surface area contributed by atoms with Gasteiger partial charge in [-0.3, -0.25) is 4.79 Å². The Morgan fingerprint density at radius 1 is 1.25 bits per heavy atom. The van der Waals surface area contributed by atoms with Crippen molar-refractivity contribution in [2.24, 2.45) is 0 Å². The van der Waals surface area contributed by atoms with Crippen LogP contribution in [0.4, 0.5) is 0 Å². The number of amides is 1. The number of hydrogen-bond donors (Lipinski definition) is 0. The topological polar surface area (TPSA) is 60.2 Å². The van der Waals surface area contributed by atoms with Gasteiger partial charge in [0.25, 0.3) is 5.91 Å². The van der Waals surface area contributed by atoms with Gasteiger partial charge in [-0.2, -0.15) is 0 Å². The maximum atomic E-state index is 13.1. The van der Waals surface area contributed by atoms with Gasteiger partial charge < -0.3 is 9.64 Å². The lowest BCUT2D eigenvalue weighted by atomic mass is 10.0. The molecule has 2 aromatic carbocycles. The molecule has 6 nitrogen and oxygen atoms in total. The Kier molecular flexibility index (Phi) is 5.30. The number of benzene rings is 2. The van der Waals surface area contributed by atoms with Gasteiger partial charge in [0.1, 0.15) is 5.75 Å². The van der Waals surface area contributed by atoms with Crippen LogP contribution in [0.3, 0.4) is 0 Å². The summed E-state index contributed by atoms with van der Waals surface area (Å²) in [5, 5.41) is 8.88. The minimum absolute atomic E-state index is 0.0244. The number of likely N-dealkylation sites (tertiary alicyclic amines) is 1. The van der Waals surface area contributed by atoms with Gasteiger partial charge in [-0.25, -0.2) is 4.68 Å². The second-order valence-electron chi connectivity index (χ2n) is 6.83. The smallest absolute Gasteiger partial charge is 0.276 e. The zero-order chi connectivity index (χ0) is 19.5. The molecule has 0 spiro atoms. The molecule has 2 heterocycles. The van der Waals surface area contributed by atoms with Crippen molar-refractivity contribution in [2.75, 3.05) is 13.7 Å². The standard InChI is InChI=1S/C21H21ClN4O2/c1-28-17-8-4-7-15(12-17)20-10-5-11-26(20)21(27)19-14-25(24-23-19)13-16-6-2-3-9-18(16)22/h2-4,6-9,12,14,20H,5,10-11,13H2,1H3. The Balaban J connectivity index is 1.52. The quantitative estimate of drug-likeness (QED) is 0.654. The third-order valence-electron chi connectivity index (χ3n) is 5.04. The molecule has 1 amide bonds. The minimum Gasteiger partial charge on any atom is -0.497 e. The fraction of sp³-hybridized carbons (Fsp3) is 0.286. The van der Waals surface area contributed by atoms with Crippen molar-refractivity contribution in [1.29, 1.82) is 0 Å². The fourth-order valence-corrected chi connectivity index (χ4v) is 3.82. The molecule has 0 radical (unpaired) electrons. The monoisotopic (exact) mass is 396 g/mol. The van der Waals surface area contributed by atoms with Gasteiger partial charge >= 0.3 is 0 Å². The van der Waals surface area contributed by atoms with Gasteiger partial charge in [-0.05, 0) is 42.2 Å². The zero-order valence-corrected chi connectivity index (χ0v) is 16.3. The summed E-state index contributed by atoms with van der Waals surface area (Å²) in [5.74, 6) is 0.693. The van der Waals surface area contributed by atoms with Gasteiger partial charge in [-0.15, -0.1) is 5.10 Å². The molecule has 1 aromatic heterocycles. The van der Waals surface area contributed by atoms with Crippen LogP contribution >= 0.6 is 11.6 Å². The van der Waals surface area contributed by atoms with Gasteiger partial charge in [0.05, 0.1) is 25.9 Å². The van der Waals surface area contributed by atoms with E-state index in [0.29, 0.717) is 23.8 Å². The normalized spacial score (nSPS) is 16.4. The highest BCUT2D eigenvalue weighted by Gasteiger charge is 2.32. The Bertz CT molecular complexity index is 988. The van der Waals surface area contributed by atoms with Gasteiger partial charge in [-0.1, -0.05) is 47.1 Å². The molecular formula is C21H21ClN4O2. The van der Waals surface area contributed by atoms with E-state index >= 15 is 0 Å². The number of carbonyl (C=O) groups excluding carboxylic acids is 1. The first-order valence-electron chi connectivity index (χ1n) is 9.24. The molecule has 1 unspecified atom stereocenters. The van der Waals surface area contributed by atoms with Crippen LogP contribution in [-0.4, -0.2) is 39.5 Å². The van der Waals surface area contributed by atoms with Gasteiger partial charge in [0, 0.05) is 11.6 Å². The number of ether oxygens (including phenoxy) is 1. The average molecular weight is 397 g/mol. The molecule has 7 heteroatoms. The van der Waals surface area contributed by atoms with Crippen molar-refractivity contribution >= 4 is 17.5 Å². The molecule has 1 saturated heterocycles. The number of methoxy groups -OCH3 is 1. The van der Waals surface area contributed by atoms with E-state index in [4.69, 9.17) is 16.3 Å². The summed E-state index contributed by atoms with van der Waals surface area (Å²) >= 11 is 6.21. The van der Waals surface area contributed by atoms with Crippen molar-refractivity contribution < 1.29 is 9.53 Å². The molecule has 3 aromatic rings. The lowest BCUT2D eigenvalue weighted by Crippen LogP contribution is -2.30. The van der Waals surface area contributed by atoms with Crippen LogP contribution in [-0.2, 0) is 6.54 Å². The van der Waals surface area contributed by atoms with Crippen LogP contribution in [0.25, 0.3) is 0 Å². The van der Waals surface area contributed by atoms with E-state index in [2.05, 4.69) is 10.3 Å². The van der Waals surface area contributed by atoms with E-state index in [1.807, 2.05) is 53.4 Å². The van der Waals surface area contributed by atoms with Crippen LogP contribution in [0.1, 0.15) is 40.5 Å². The van der Waals surface area contributed by atoms with E-state index < -0.39 is 0 Å². The maximum Gasteiger partial charge on any atom is 0.276 e. The number of aromatic nitrogens is 3. The predicted octanol–water partition coefficient (Wildman–Crippen LogP) is 3.97. The summed E-state index contributed by atoms with van der Waals surface area (Å²) < 4.78 is 6.97. The van der Waals surface area contributed by atoms with E-state index in [9.17, 15) is 4.79 Å². The Hall–Kier alpha value is -2.86. The largest absolute Gasteiger partial charge is 0.497 e. The number of rotatable bonds is 5. The molecule has 0 saturated carbocycles. The highest BCUT2D eigenvalue weighted by Crippen LogP contribution is 2.34. The summed E-state index contributed by atoms with van der Waals surface area (Å²) in [6, 6.07) is 15.5. The summed E-state index contributed by atoms with van der Waals surface area (Å²) in [7, 11) is 1.65. The lowest BCUT2D eigenvalue weighted by molar-refractivity contribution is 0.0729. The summed E-state index contributed by atoms with van der Waals surface area (Å²) in [5.41, 5.74) is 2.36. The molecule has 0 N–H and O–H groups in total. The molecule has 1 aliphatic heterocycles. The molecule has 4 rings (SSSR count). The van der Waals surface area contributed by atoms with Crippen LogP contribution < -0.4 is 4.74 Å². The Morgan fingerprint density at radius 2 is 2.11 bits per heavy atom. The first kappa shape index (κ1) is 18.5. The van der Waals surface area contributed by atoms with E-state index in [-0.39, 0.29) is 11.9 Å². The van der Waals surface area contributed by atoms with Crippen molar-refractivity contribution in [3.05, 3.63) is 76.6 Å². The Morgan fingerprint density at radius 3 is 2.93 bits per heavy atom. The minimum atomic E-state index is -0.101. The number of nitrogens with zero attached hydrogens (tertiary/aromatic N) is 4. The van der Waals surface area contributed by atoms with Crippen LogP contribution in [0.5, 0.6) is 5.75 Å². The van der Waals surface area contributed by atoms with Gasteiger partial charge in [0.15, 0.2) is 5.69 Å². The number of halogens is 1. The van der Waals surface area contributed by atoms with E-state index in [1.54, 1.807) is 18.0 Å². The summed E-state index contributed by atoms with van der Waals surface area (Å²) in [6.07, 6.45) is 3.57. The first-order valence-corrected chi connectivity index (χ1v) is 9.62. The SMILES string of the molecule is COc1cccc(C2CCCN2C(=O)c2cn(Cc3ccccc3Cl)nn2)c1. The van der Waals surface area contributed by atoms with Crippen LogP contribution in [0.2, 0.25) is 5.02 Å². The summed E-state index contributed by atoms with van der Waals surface area (Å²) in [4.78, 5) is 14.9. The predicted molar refractivity (Wildman–Crippen MR) is 107 cm³/mol. The molecule has 144 valence electrons. The lowest BCUT2D eigenvalue weighted by Gasteiger charge is -2.24. The van der Waals surface area contributed by atoms with Gasteiger partial charge in [0.2, 0.25) is 0 Å².